The molecular formula is C23H20BrN3O. The SMILES string of the molecule is Cc1cc2nc(-c3ccc(NC(=O)Cc4ccc(Br)cc4)cc3)[nH]c2cc1C. The van der Waals surface area contributed by atoms with E-state index in [2.05, 4.69) is 52.2 Å². The van der Waals surface area contributed by atoms with Gasteiger partial charge in [0.15, 0.2) is 0 Å². The summed E-state index contributed by atoms with van der Waals surface area (Å²) in [5, 5.41) is 2.94. The highest BCUT2D eigenvalue weighted by molar-refractivity contribution is 9.10. The van der Waals surface area contributed by atoms with E-state index in [1.807, 2.05) is 48.5 Å². The van der Waals surface area contributed by atoms with Crippen LogP contribution in [0.5, 0.6) is 0 Å². The van der Waals surface area contributed by atoms with E-state index in [-0.39, 0.29) is 5.91 Å². The van der Waals surface area contributed by atoms with Crippen LogP contribution in [0.15, 0.2) is 65.1 Å². The molecule has 4 aromatic rings. The Bertz CT molecular complexity index is 1110. The molecule has 0 aliphatic rings. The van der Waals surface area contributed by atoms with Crippen molar-refractivity contribution in [3.63, 3.8) is 0 Å². The molecule has 0 radical (unpaired) electrons. The molecule has 0 aliphatic carbocycles. The second-order valence-corrected chi connectivity index (χ2v) is 7.88. The van der Waals surface area contributed by atoms with Gasteiger partial charge in [0.05, 0.1) is 17.5 Å². The lowest BCUT2D eigenvalue weighted by Crippen LogP contribution is -2.14. The first kappa shape index (κ1) is 18.4. The zero-order chi connectivity index (χ0) is 19.7. The molecule has 4 rings (SSSR count). The van der Waals surface area contributed by atoms with Crippen molar-refractivity contribution in [1.29, 1.82) is 0 Å². The van der Waals surface area contributed by atoms with Gasteiger partial charge in [-0.1, -0.05) is 28.1 Å². The summed E-state index contributed by atoms with van der Waals surface area (Å²) >= 11 is 3.40. The zero-order valence-electron chi connectivity index (χ0n) is 15.7. The lowest BCUT2D eigenvalue weighted by Gasteiger charge is -2.06. The number of nitrogens with zero attached hydrogens (tertiary/aromatic N) is 1. The van der Waals surface area contributed by atoms with E-state index < -0.39 is 0 Å². The maximum absolute atomic E-state index is 12.3. The van der Waals surface area contributed by atoms with E-state index in [4.69, 9.17) is 4.98 Å². The minimum Gasteiger partial charge on any atom is -0.338 e. The van der Waals surface area contributed by atoms with Gasteiger partial charge in [0.1, 0.15) is 5.82 Å². The van der Waals surface area contributed by atoms with Gasteiger partial charge in [-0.05, 0) is 79.1 Å². The van der Waals surface area contributed by atoms with Gasteiger partial charge in [0.2, 0.25) is 5.91 Å². The summed E-state index contributed by atoms with van der Waals surface area (Å²) in [4.78, 5) is 20.3. The van der Waals surface area contributed by atoms with E-state index in [0.29, 0.717) is 6.42 Å². The number of aromatic amines is 1. The van der Waals surface area contributed by atoms with Gasteiger partial charge in [0, 0.05) is 15.7 Å². The van der Waals surface area contributed by atoms with Crippen LogP contribution in [0.25, 0.3) is 22.4 Å². The van der Waals surface area contributed by atoms with Gasteiger partial charge in [-0.15, -0.1) is 0 Å². The van der Waals surface area contributed by atoms with Crippen LogP contribution in [0.2, 0.25) is 0 Å². The fourth-order valence-electron chi connectivity index (χ4n) is 3.11. The second kappa shape index (κ2) is 7.60. The number of nitrogens with one attached hydrogen (secondary N) is 2. The van der Waals surface area contributed by atoms with Crippen LogP contribution in [0.3, 0.4) is 0 Å². The maximum atomic E-state index is 12.3. The Balaban J connectivity index is 1.47. The van der Waals surface area contributed by atoms with E-state index >= 15 is 0 Å². The van der Waals surface area contributed by atoms with Gasteiger partial charge in [-0.3, -0.25) is 4.79 Å². The maximum Gasteiger partial charge on any atom is 0.228 e. The summed E-state index contributed by atoms with van der Waals surface area (Å²) in [7, 11) is 0. The molecule has 5 heteroatoms. The summed E-state index contributed by atoms with van der Waals surface area (Å²) in [5.41, 5.74) is 7.20. The lowest BCUT2D eigenvalue weighted by atomic mass is 10.1. The van der Waals surface area contributed by atoms with Crippen molar-refractivity contribution in [1.82, 2.24) is 9.97 Å². The van der Waals surface area contributed by atoms with Gasteiger partial charge < -0.3 is 10.3 Å². The van der Waals surface area contributed by atoms with Gasteiger partial charge >= 0.3 is 0 Å². The van der Waals surface area contributed by atoms with Crippen LogP contribution in [-0.2, 0) is 11.2 Å². The Morgan fingerprint density at radius 3 is 2.39 bits per heavy atom. The number of H-pyrrole nitrogens is 1. The van der Waals surface area contributed by atoms with Crippen LogP contribution in [0.4, 0.5) is 5.69 Å². The molecule has 3 aromatic carbocycles. The van der Waals surface area contributed by atoms with Crippen LogP contribution >= 0.6 is 15.9 Å². The average molecular weight is 434 g/mol. The molecule has 2 N–H and O–H groups in total. The number of anilines is 1. The third-order valence-corrected chi connectivity index (χ3v) is 5.35. The molecule has 0 saturated heterocycles. The van der Waals surface area contributed by atoms with Crippen LogP contribution in [0, 0.1) is 13.8 Å². The van der Waals surface area contributed by atoms with E-state index in [1.165, 1.54) is 11.1 Å². The first-order chi connectivity index (χ1) is 13.5. The van der Waals surface area contributed by atoms with Crippen molar-refractivity contribution in [3.05, 3.63) is 81.8 Å². The minimum atomic E-state index is -0.0373. The molecule has 0 spiro atoms. The molecule has 0 aliphatic heterocycles. The largest absolute Gasteiger partial charge is 0.338 e. The minimum absolute atomic E-state index is 0.0373. The number of imidazole rings is 1. The Morgan fingerprint density at radius 2 is 1.68 bits per heavy atom. The summed E-state index contributed by atoms with van der Waals surface area (Å²) in [6.45, 7) is 4.19. The number of carbonyl (C=O) groups is 1. The average Bonchev–Trinajstić information content (AvgIpc) is 3.07. The summed E-state index contributed by atoms with van der Waals surface area (Å²) in [6.07, 6.45) is 0.345. The topological polar surface area (TPSA) is 57.8 Å². The standard InChI is InChI=1S/C23H20BrN3O/c1-14-11-20-21(12-15(14)2)27-23(26-20)17-5-9-19(10-6-17)25-22(28)13-16-3-7-18(24)8-4-16/h3-12H,13H2,1-2H3,(H,25,28)(H,26,27). The van der Waals surface area contributed by atoms with Gasteiger partial charge in [0.25, 0.3) is 0 Å². The fraction of sp³-hybridized carbons (Fsp3) is 0.130. The van der Waals surface area contributed by atoms with Crippen molar-refractivity contribution in [2.45, 2.75) is 20.3 Å². The van der Waals surface area contributed by atoms with Crippen molar-refractivity contribution in [2.24, 2.45) is 0 Å². The second-order valence-electron chi connectivity index (χ2n) is 6.97. The summed E-state index contributed by atoms with van der Waals surface area (Å²) in [6, 6.07) is 19.7. The number of aromatic nitrogens is 2. The molecule has 140 valence electrons. The highest BCUT2D eigenvalue weighted by Crippen LogP contribution is 2.24. The Hall–Kier alpha value is -2.92. The molecule has 0 fully saturated rings. The van der Waals surface area contributed by atoms with Crippen molar-refractivity contribution in [2.75, 3.05) is 5.32 Å². The first-order valence-corrected chi connectivity index (χ1v) is 9.89. The monoisotopic (exact) mass is 433 g/mol. The molecule has 28 heavy (non-hydrogen) atoms. The van der Waals surface area contributed by atoms with Gasteiger partial charge in [-0.25, -0.2) is 4.98 Å². The van der Waals surface area contributed by atoms with Crippen LogP contribution < -0.4 is 5.32 Å². The molecule has 0 atom stereocenters. The molecule has 1 heterocycles. The predicted octanol–water partition coefficient (Wildman–Crippen LogP) is 5.79. The predicted molar refractivity (Wildman–Crippen MR) is 117 cm³/mol. The zero-order valence-corrected chi connectivity index (χ0v) is 17.3. The van der Waals surface area contributed by atoms with Gasteiger partial charge in [-0.2, -0.15) is 0 Å². The number of halogens is 1. The Labute approximate surface area is 172 Å². The molecular weight excluding hydrogens is 414 g/mol. The first-order valence-electron chi connectivity index (χ1n) is 9.09. The summed E-state index contributed by atoms with van der Waals surface area (Å²) < 4.78 is 1.00. The van der Waals surface area contributed by atoms with E-state index in [0.717, 1.165) is 38.1 Å². The third-order valence-electron chi connectivity index (χ3n) is 4.82. The highest BCUT2D eigenvalue weighted by atomic mass is 79.9. The normalized spacial score (nSPS) is 11.0. The number of benzene rings is 3. The molecule has 0 unspecified atom stereocenters. The summed E-state index contributed by atoms with van der Waals surface area (Å²) in [5.74, 6) is 0.789. The van der Waals surface area contributed by atoms with Crippen LogP contribution in [-0.4, -0.2) is 15.9 Å². The Kier molecular flexibility index (Phi) is 5.01. The van der Waals surface area contributed by atoms with Crippen molar-refractivity contribution in [3.8, 4) is 11.4 Å². The number of hydrogen-bond donors (Lipinski definition) is 2. The van der Waals surface area contributed by atoms with Crippen LogP contribution in [0.1, 0.15) is 16.7 Å². The highest BCUT2D eigenvalue weighted by Gasteiger charge is 2.08. The van der Waals surface area contributed by atoms with E-state index in [1.54, 1.807) is 0 Å². The third kappa shape index (κ3) is 3.99. The molecule has 4 nitrogen and oxygen atoms in total. The lowest BCUT2D eigenvalue weighted by molar-refractivity contribution is -0.115. The fourth-order valence-corrected chi connectivity index (χ4v) is 3.37. The smallest absolute Gasteiger partial charge is 0.228 e. The number of fused-ring (bicyclic) bond motifs is 1. The number of amides is 1. The molecule has 0 bridgehead atoms. The molecule has 0 saturated carbocycles. The van der Waals surface area contributed by atoms with Crippen molar-refractivity contribution >= 4 is 38.6 Å². The molecule has 1 amide bonds. The Morgan fingerprint density at radius 1 is 1.00 bits per heavy atom. The number of aryl methyl sites for hydroxylation is 2. The van der Waals surface area contributed by atoms with E-state index in [9.17, 15) is 4.79 Å². The van der Waals surface area contributed by atoms with Crippen molar-refractivity contribution < 1.29 is 4.79 Å². The number of hydrogen-bond acceptors (Lipinski definition) is 2. The quantitative estimate of drug-likeness (QED) is 0.427. The molecule has 1 aromatic heterocycles. The number of carbonyl (C=O) groups excluding carboxylic acids is 1. The number of rotatable bonds is 4.